The minimum Gasteiger partial charge on any atom is -0.493 e. The first-order valence-electron chi connectivity index (χ1n) is 10.7. The Balaban J connectivity index is 1.50. The summed E-state index contributed by atoms with van der Waals surface area (Å²) in [6, 6.07) is 16.0. The van der Waals surface area contributed by atoms with Crippen LogP contribution in [-0.4, -0.2) is 25.5 Å². The molecule has 0 aliphatic heterocycles. The van der Waals surface area contributed by atoms with Gasteiger partial charge in [-0.25, -0.2) is 0 Å². The van der Waals surface area contributed by atoms with Gasteiger partial charge in [-0.05, 0) is 48.9 Å². The van der Waals surface area contributed by atoms with Crippen LogP contribution in [0.5, 0.6) is 5.75 Å². The number of aliphatic imine (C=N–C) groups is 1. The highest BCUT2D eigenvalue weighted by Gasteiger charge is 2.22. The number of amides is 1. The van der Waals surface area contributed by atoms with Crippen molar-refractivity contribution in [1.82, 2.24) is 10.6 Å². The molecule has 0 unspecified atom stereocenters. The van der Waals surface area contributed by atoms with Crippen LogP contribution in [0.1, 0.15) is 43.7 Å². The van der Waals surface area contributed by atoms with Crippen LogP contribution in [0.15, 0.2) is 53.5 Å². The van der Waals surface area contributed by atoms with E-state index in [4.69, 9.17) is 4.74 Å². The molecule has 1 fully saturated rings. The van der Waals surface area contributed by atoms with Gasteiger partial charge in [0.05, 0.1) is 6.61 Å². The molecule has 0 aromatic heterocycles. The second-order valence-electron chi connectivity index (χ2n) is 7.64. The van der Waals surface area contributed by atoms with Crippen molar-refractivity contribution in [3.8, 4) is 5.75 Å². The second kappa shape index (κ2) is 11.2. The number of rotatable bonds is 10. The van der Waals surface area contributed by atoms with Gasteiger partial charge in [-0.2, -0.15) is 0 Å². The quantitative estimate of drug-likeness (QED) is 0.409. The van der Waals surface area contributed by atoms with E-state index in [9.17, 15) is 4.79 Å². The molecule has 0 atom stereocenters. The summed E-state index contributed by atoms with van der Waals surface area (Å²) in [5, 5.41) is 9.61. The van der Waals surface area contributed by atoms with Crippen molar-refractivity contribution in [3.63, 3.8) is 0 Å². The number of carbonyl (C=O) groups excluding carboxylic acids is 1. The minimum absolute atomic E-state index is 0.0441. The zero-order valence-electron chi connectivity index (χ0n) is 17.9. The van der Waals surface area contributed by atoms with Gasteiger partial charge >= 0.3 is 0 Å². The highest BCUT2D eigenvalue weighted by molar-refractivity contribution is 5.90. The number of nitrogens with zero attached hydrogens (tertiary/aromatic N) is 1. The molecular formula is C24H32N4O2. The normalized spacial score (nSPS) is 13.6. The summed E-state index contributed by atoms with van der Waals surface area (Å²) >= 11 is 0. The number of hydrogen-bond acceptors (Lipinski definition) is 3. The van der Waals surface area contributed by atoms with Gasteiger partial charge in [0, 0.05) is 37.8 Å². The van der Waals surface area contributed by atoms with Gasteiger partial charge in [0.15, 0.2) is 5.96 Å². The number of anilines is 1. The maximum absolute atomic E-state index is 11.8. The summed E-state index contributed by atoms with van der Waals surface area (Å²) < 4.78 is 5.98. The molecule has 6 heteroatoms. The van der Waals surface area contributed by atoms with Crippen LogP contribution in [0.4, 0.5) is 5.69 Å². The average Bonchev–Trinajstić information content (AvgIpc) is 3.58. The first-order valence-corrected chi connectivity index (χ1v) is 10.7. The Labute approximate surface area is 179 Å². The van der Waals surface area contributed by atoms with Crippen LogP contribution in [-0.2, 0) is 17.9 Å². The Morgan fingerprint density at radius 1 is 1.10 bits per heavy atom. The number of ether oxygens (including phenoxy) is 1. The van der Waals surface area contributed by atoms with Crippen molar-refractivity contribution in [2.24, 2.45) is 10.9 Å². The number of benzene rings is 2. The van der Waals surface area contributed by atoms with Crippen LogP contribution >= 0.6 is 0 Å². The smallest absolute Gasteiger partial charge is 0.224 e. The topological polar surface area (TPSA) is 74.8 Å². The van der Waals surface area contributed by atoms with E-state index >= 15 is 0 Å². The summed E-state index contributed by atoms with van der Waals surface area (Å²) in [6.07, 6.45) is 3.93. The van der Waals surface area contributed by atoms with Crippen LogP contribution in [0, 0.1) is 5.92 Å². The van der Waals surface area contributed by atoms with E-state index in [-0.39, 0.29) is 5.91 Å². The van der Waals surface area contributed by atoms with Gasteiger partial charge < -0.3 is 20.7 Å². The lowest BCUT2D eigenvalue weighted by atomic mass is 10.2. The lowest BCUT2D eigenvalue weighted by Crippen LogP contribution is -2.36. The number of hydrogen-bond donors (Lipinski definition) is 3. The highest BCUT2D eigenvalue weighted by atomic mass is 16.5. The fourth-order valence-corrected chi connectivity index (χ4v) is 3.08. The number of nitrogens with one attached hydrogen (secondary N) is 3. The fourth-order valence-electron chi connectivity index (χ4n) is 3.08. The summed E-state index contributed by atoms with van der Waals surface area (Å²) in [5.74, 6) is 2.42. The Bertz CT molecular complexity index is 862. The lowest BCUT2D eigenvalue weighted by molar-refractivity contribution is -0.116. The second-order valence-corrected chi connectivity index (χ2v) is 7.64. The zero-order chi connectivity index (χ0) is 21.2. The molecule has 0 heterocycles. The largest absolute Gasteiger partial charge is 0.493 e. The van der Waals surface area contributed by atoms with Gasteiger partial charge in [0.2, 0.25) is 5.91 Å². The molecule has 160 valence electrons. The third-order valence-corrected chi connectivity index (χ3v) is 4.96. The molecule has 0 spiro atoms. The van der Waals surface area contributed by atoms with E-state index in [2.05, 4.69) is 27.0 Å². The highest BCUT2D eigenvalue weighted by Crippen LogP contribution is 2.30. The van der Waals surface area contributed by atoms with E-state index in [0.717, 1.165) is 41.5 Å². The maximum Gasteiger partial charge on any atom is 0.224 e. The molecule has 1 aliphatic rings. The van der Waals surface area contributed by atoms with Gasteiger partial charge in [0.25, 0.3) is 0 Å². The SMILES string of the molecule is CCCC(=O)Nc1cccc(CNC(=NC)NCc2ccccc2OCC2CC2)c1. The molecule has 30 heavy (non-hydrogen) atoms. The van der Waals surface area contributed by atoms with Crippen molar-refractivity contribution in [1.29, 1.82) is 0 Å². The Morgan fingerprint density at radius 2 is 1.90 bits per heavy atom. The maximum atomic E-state index is 11.8. The predicted octanol–water partition coefficient (Wildman–Crippen LogP) is 4.08. The molecule has 3 rings (SSSR count). The number of carbonyl (C=O) groups is 1. The molecule has 0 radical (unpaired) electrons. The van der Waals surface area contributed by atoms with Gasteiger partial charge in [-0.15, -0.1) is 0 Å². The van der Waals surface area contributed by atoms with Gasteiger partial charge in [0.1, 0.15) is 5.75 Å². The van der Waals surface area contributed by atoms with E-state index in [1.165, 1.54) is 12.8 Å². The third-order valence-electron chi connectivity index (χ3n) is 4.96. The fraction of sp³-hybridized carbons (Fsp3) is 0.417. The molecule has 6 nitrogen and oxygen atoms in total. The molecule has 0 saturated heterocycles. The first kappa shape index (κ1) is 21.7. The van der Waals surface area contributed by atoms with E-state index in [1.807, 2.05) is 49.4 Å². The molecule has 2 aromatic carbocycles. The van der Waals surface area contributed by atoms with Crippen molar-refractivity contribution in [3.05, 3.63) is 59.7 Å². The van der Waals surface area contributed by atoms with Crippen LogP contribution in [0.25, 0.3) is 0 Å². The van der Waals surface area contributed by atoms with Gasteiger partial charge in [-0.3, -0.25) is 9.79 Å². The number of guanidine groups is 1. The molecule has 0 bridgehead atoms. The van der Waals surface area contributed by atoms with Crippen molar-refractivity contribution in [2.75, 3.05) is 19.0 Å². The lowest BCUT2D eigenvalue weighted by Gasteiger charge is -2.15. The summed E-state index contributed by atoms with van der Waals surface area (Å²) in [6.45, 7) is 4.04. The molecule has 1 saturated carbocycles. The predicted molar refractivity (Wildman–Crippen MR) is 122 cm³/mol. The minimum atomic E-state index is 0.0441. The van der Waals surface area contributed by atoms with Crippen LogP contribution in [0.2, 0.25) is 0 Å². The average molecular weight is 409 g/mol. The molecular weight excluding hydrogens is 376 g/mol. The molecule has 3 N–H and O–H groups in total. The molecule has 2 aromatic rings. The van der Waals surface area contributed by atoms with E-state index < -0.39 is 0 Å². The van der Waals surface area contributed by atoms with Gasteiger partial charge in [-0.1, -0.05) is 37.3 Å². The summed E-state index contributed by atoms with van der Waals surface area (Å²) in [7, 11) is 1.76. The summed E-state index contributed by atoms with van der Waals surface area (Å²) in [5.41, 5.74) is 3.00. The molecule has 1 aliphatic carbocycles. The van der Waals surface area contributed by atoms with Crippen molar-refractivity contribution in [2.45, 2.75) is 45.7 Å². The first-order chi connectivity index (χ1) is 14.7. The third kappa shape index (κ3) is 7.10. The Kier molecular flexibility index (Phi) is 8.12. The number of para-hydroxylation sites is 1. The standard InChI is InChI=1S/C24H32N4O2/c1-3-7-23(29)28-21-10-6-8-19(14-21)15-26-24(25-2)27-16-20-9-4-5-11-22(20)30-17-18-12-13-18/h4-6,8-11,14,18H,3,7,12-13,15-17H2,1-2H3,(H,28,29)(H2,25,26,27). The molecule has 1 amide bonds. The van der Waals surface area contributed by atoms with Crippen molar-refractivity contribution >= 4 is 17.6 Å². The monoisotopic (exact) mass is 408 g/mol. The van der Waals surface area contributed by atoms with Crippen molar-refractivity contribution < 1.29 is 9.53 Å². The summed E-state index contributed by atoms with van der Waals surface area (Å²) in [4.78, 5) is 16.1. The van der Waals surface area contributed by atoms with Crippen LogP contribution < -0.4 is 20.7 Å². The Hall–Kier alpha value is -3.02. The van der Waals surface area contributed by atoms with Crippen LogP contribution in [0.3, 0.4) is 0 Å². The van der Waals surface area contributed by atoms with E-state index in [0.29, 0.717) is 25.5 Å². The van der Waals surface area contributed by atoms with E-state index in [1.54, 1.807) is 7.05 Å². The zero-order valence-corrected chi connectivity index (χ0v) is 17.9. The Morgan fingerprint density at radius 3 is 2.67 bits per heavy atom.